The van der Waals surface area contributed by atoms with Crippen LogP contribution in [0.1, 0.15) is 11.1 Å². The minimum Gasteiger partial charge on any atom is -0.495 e. The van der Waals surface area contributed by atoms with E-state index < -0.39 is 28.5 Å². The number of ether oxygens (including phenoxy) is 3. The van der Waals surface area contributed by atoms with Gasteiger partial charge in [0.25, 0.3) is 16.8 Å². The normalized spacial score (nSPS) is 13.9. The second kappa shape index (κ2) is 12.1. The number of carbonyl (C=O) groups excluding carboxylic acids is 3. The molecule has 0 aromatic heterocycles. The topological polar surface area (TPSA) is 137 Å². The molecule has 0 spiro atoms. The number of benzene rings is 3. The summed E-state index contributed by atoms with van der Waals surface area (Å²) in [7, 11) is 2.94. The van der Waals surface area contributed by atoms with Crippen molar-refractivity contribution in [3.8, 4) is 17.2 Å². The van der Waals surface area contributed by atoms with Crippen LogP contribution in [-0.2, 0) is 16.2 Å². The lowest BCUT2D eigenvalue weighted by Gasteiger charge is -2.14. The van der Waals surface area contributed by atoms with Gasteiger partial charge in [0, 0.05) is 12.1 Å². The van der Waals surface area contributed by atoms with E-state index in [-0.39, 0.29) is 17.2 Å². The fourth-order valence-electron chi connectivity index (χ4n) is 3.64. The smallest absolute Gasteiger partial charge is 0.294 e. The van der Waals surface area contributed by atoms with Gasteiger partial charge in [-0.3, -0.25) is 29.4 Å². The van der Waals surface area contributed by atoms with E-state index in [9.17, 15) is 24.5 Å². The SMILES string of the molecule is COc1ccccc1NC(=O)CN1C(=O)S/C(=C/c2ccc(OCc3ccc([N+](=O)[O-])cc3)c(OC)c2)C1=O. The molecule has 1 aliphatic rings. The van der Waals surface area contributed by atoms with Crippen LogP contribution in [0.15, 0.2) is 71.6 Å². The summed E-state index contributed by atoms with van der Waals surface area (Å²) >= 11 is 0.735. The summed E-state index contributed by atoms with van der Waals surface area (Å²) in [6.45, 7) is -0.289. The second-order valence-corrected chi connectivity index (χ2v) is 9.13. The summed E-state index contributed by atoms with van der Waals surface area (Å²) < 4.78 is 16.4. The minimum absolute atomic E-state index is 0.0119. The molecular weight excluding hydrogens is 526 g/mol. The number of nitro groups is 1. The number of anilines is 1. The van der Waals surface area contributed by atoms with Gasteiger partial charge in [-0.05, 0) is 65.4 Å². The number of nitrogens with zero attached hydrogens (tertiary/aromatic N) is 2. The van der Waals surface area contributed by atoms with Crippen LogP contribution < -0.4 is 19.5 Å². The predicted octanol–water partition coefficient (Wildman–Crippen LogP) is 4.87. The Kier molecular flexibility index (Phi) is 8.46. The number of non-ortho nitro benzene ring substituents is 1. The van der Waals surface area contributed by atoms with Crippen molar-refractivity contribution in [3.63, 3.8) is 0 Å². The van der Waals surface area contributed by atoms with Gasteiger partial charge in [-0.25, -0.2) is 0 Å². The zero-order valence-electron chi connectivity index (χ0n) is 20.9. The number of amides is 3. The molecule has 0 saturated carbocycles. The molecule has 1 fully saturated rings. The first-order chi connectivity index (χ1) is 18.8. The Balaban J connectivity index is 1.42. The zero-order chi connectivity index (χ0) is 27.9. The average molecular weight is 550 g/mol. The molecule has 0 atom stereocenters. The first-order valence-electron chi connectivity index (χ1n) is 11.5. The monoisotopic (exact) mass is 549 g/mol. The van der Waals surface area contributed by atoms with Crippen LogP contribution in [0.5, 0.6) is 17.2 Å². The van der Waals surface area contributed by atoms with Crippen LogP contribution in [0.4, 0.5) is 16.2 Å². The van der Waals surface area contributed by atoms with Gasteiger partial charge < -0.3 is 19.5 Å². The largest absolute Gasteiger partial charge is 0.495 e. The maximum Gasteiger partial charge on any atom is 0.294 e. The number of thioether (sulfide) groups is 1. The van der Waals surface area contributed by atoms with Gasteiger partial charge in [-0.1, -0.05) is 18.2 Å². The number of hydrogen-bond acceptors (Lipinski definition) is 9. The van der Waals surface area contributed by atoms with Gasteiger partial charge in [0.2, 0.25) is 5.91 Å². The van der Waals surface area contributed by atoms with E-state index in [1.165, 1.54) is 32.4 Å². The van der Waals surface area contributed by atoms with E-state index in [1.807, 2.05) is 0 Å². The molecule has 3 amide bonds. The molecule has 1 saturated heterocycles. The highest BCUT2D eigenvalue weighted by atomic mass is 32.2. The number of nitrogens with one attached hydrogen (secondary N) is 1. The van der Waals surface area contributed by atoms with Crippen molar-refractivity contribution in [2.45, 2.75) is 6.61 Å². The summed E-state index contributed by atoms with van der Waals surface area (Å²) in [6, 6.07) is 17.8. The third kappa shape index (κ3) is 6.54. The third-order valence-corrected chi connectivity index (χ3v) is 6.49. The molecule has 0 unspecified atom stereocenters. The quantitative estimate of drug-likeness (QED) is 0.213. The van der Waals surface area contributed by atoms with Gasteiger partial charge in [-0.15, -0.1) is 0 Å². The third-order valence-electron chi connectivity index (χ3n) is 5.58. The molecule has 1 N–H and O–H groups in total. The number of methoxy groups -OCH3 is 2. The summed E-state index contributed by atoms with van der Waals surface area (Å²) in [4.78, 5) is 49.3. The molecule has 0 radical (unpaired) electrons. The van der Waals surface area contributed by atoms with Gasteiger partial charge >= 0.3 is 0 Å². The van der Waals surface area contributed by atoms with Crippen LogP contribution in [0.2, 0.25) is 0 Å². The Bertz CT molecular complexity index is 1460. The highest BCUT2D eigenvalue weighted by Gasteiger charge is 2.36. The first-order valence-corrected chi connectivity index (χ1v) is 12.3. The Morgan fingerprint density at radius 1 is 1.00 bits per heavy atom. The van der Waals surface area contributed by atoms with Crippen molar-refractivity contribution in [2.75, 3.05) is 26.1 Å². The second-order valence-electron chi connectivity index (χ2n) is 8.14. The van der Waals surface area contributed by atoms with Crippen LogP contribution >= 0.6 is 11.8 Å². The molecule has 200 valence electrons. The molecule has 11 nitrogen and oxygen atoms in total. The molecule has 39 heavy (non-hydrogen) atoms. The molecule has 3 aromatic carbocycles. The van der Waals surface area contributed by atoms with Gasteiger partial charge in [-0.2, -0.15) is 0 Å². The van der Waals surface area contributed by atoms with Crippen molar-refractivity contribution >= 4 is 46.3 Å². The number of para-hydroxylation sites is 2. The highest BCUT2D eigenvalue weighted by molar-refractivity contribution is 8.18. The van der Waals surface area contributed by atoms with Crippen LogP contribution in [0.3, 0.4) is 0 Å². The van der Waals surface area contributed by atoms with Crippen LogP contribution in [-0.4, -0.2) is 47.6 Å². The van der Waals surface area contributed by atoms with E-state index in [1.54, 1.807) is 54.6 Å². The summed E-state index contributed by atoms with van der Waals surface area (Å²) in [5.41, 5.74) is 1.73. The Morgan fingerprint density at radius 3 is 2.41 bits per heavy atom. The lowest BCUT2D eigenvalue weighted by atomic mass is 10.1. The number of rotatable bonds is 10. The predicted molar refractivity (Wildman–Crippen MR) is 145 cm³/mol. The molecular formula is C27H23N3O8S. The van der Waals surface area contributed by atoms with Crippen molar-refractivity contribution in [2.24, 2.45) is 0 Å². The minimum atomic E-state index is -0.586. The Hall–Kier alpha value is -4.84. The number of nitro benzene ring substituents is 1. The van der Waals surface area contributed by atoms with Crippen LogP contribution in [0, 0.1) is 10.1 Å². The van der Waals surface area contributed by atoms with E-state index in [2.05, 4.69) is 5.32 Å². The maximum absolute atomic E-state index is 12.9. The van der Waals surface area contributed by atoms with Gasteiger partial charge in [0.05, 0.1) is 29.7 Å². The van der Waals surface area contributed by atoms with E-state index in [4.69, 9.17) is 14.2 Å². The van der Waals surface area contributed by atoms with Crippen LogP contribution in [0.25, 0.3) is 6.08 Å². The molecule has 3 aromatic rings. The van der Waals surface area contributed by atoms with Crippen molar-refractivity contribution in [1.29, 1.82) is 0 Å². The Labute approximate surface area is 227 Å². The fourth-order valence-corrected chi connectivity index (χ4v) is 4.48. The number of hydrogen-bond donors (Lipinski definition) is 1. The summed E-state index contributed by atoms with van der Waals surface area (Å²) in [6.07, 6.45) is 1.53. The summed E-state index contributed by atoms with van der Waals surface area (Å²) in [5.74, 6) is 0.140. The van der Waals surface area contributed by atoms with Crippen molar-refractivity contribution in [1.82, 2.24) is 4.90 Å². The lowest BCUT2D eigenvalue weighted by Crippen LogP contribution is -2.36. The van der Waals surface area contributed by atoms with Gasteiger partial charge in [0.15, 0.2) is 11.5 Å². The lowest BCUT2D eigenvalue weighted by molar-refractivity contribution is -0.384. The molecule has 12 heteroatoms. The number of carbonyl (C=O) groups is 3. The maximum atomic E-state index is 12.9. The standard InChI is InChI=1S/C27H23N3O8S/c1-36-21-6-4-3-5-20(21)28-25(31)15-29-26(32)24(39-27(29)33)14-18-9-12-22(23(13-18)37-2)38-16-17-7-10-19(11-8-17)30(34)35/h3-14H,15-16H2,1-2H3,(H,28,31)/b24-14+. The van der Waals surface area contributed by atoms with Crippen molar-refractivity contribution < 1.29 is 33.5 Å². The van der Waals surface area contributed by atoms with Gasteiger partial charge in [0.1, 0.15) is 18.9 Å². The van der Waals surface area contributed by atoms with E-state index in [0.29, 0.717) is 28.5 Å². The number of imide groups is 1. The van der Waals surface area contributed by atoms with E-state index in [0.717, 1.165) is 22.2 Å². The highest BCUT2D eigenvalue weighted by Crippen LogP contribution is 2.35. The van der Waals surface area contributed by atoms with E-state index >= 15 is 0 Å². The first kappa shape index (κ1) is 27.2. The molecule has 0 bridgehead atoms. The molecule has 1 aliphatic heterocycles. The summed E-state index contributed by atoms with van der Waals surface area (Å²) in [5, 5.41) is 12.9. The Morgan fingerprint density at radius 2 is 1.72 bits per heavy atom. The fraction of sp³-hybridized carbons (Fsp3) is 0.148. The molecule has 0 aliphatic carbocycles. The molecule has 1 heterocycles. The molecule has 4 rings (SSSR count). The average Bonchev–Trinajstić information content (AvgIpc) is 3.19. The zero-order valence-corrected chi connectivity index (χ0v) is 21.7. The van der Waals surface area contributed by atoms with Crippen molar-refractivity contribution in [3.05, 3.63) is 92.9 Å².